The largest absolute Gasteiger partial charge is 0.445 e. The van der Waals surface area contributed by atoms with Gasteiger partial charge < -0.3 is 15.0 Å². The van der Waals surface area contributed by atoms with Crippen molar-refractivity contribution in [2.24, 2.45) is 5.10 Å². The van der Waals surface area contributed by atoms with Gasteiger partial charge in [0.25, 0.3) is 5.91 Å². The first kappa shape index (κ1) is 23.7. The van der Waals surface area contributed by atoms with Crippen LogP contribution in [-0.2, 0) is 22.6 Å². The van der Waals surface area contributed by atoms with Gasteiger partial charge in [0.1, 0.15) is 12.6 Å². The quantitative estimate of drug-likeness (QED) is 0.166. The highest BCUT2D eigenvalue weighted by Gasteiger charge is 2.22. The summed E-state index contributed by atoms with van der Waals surface area (Å²) in [5.41, 5.74) is 5.01. The molecular formula is C29H25N5O3. The molecule has 0 fully saturated rings. The van der Waals surface area contributed by atoms with Crippen molar-refractivity contribution in [2.45, 2.75) is 19.1 Å². The molecule has 0 unspecified atom stereocenters. The van der Waals surface area contributed by atoms with Crippen LogP contribution in [0.4, 0.5) is 4.79 Å². The number of hydrogen-bond acceptors (Lipinski definition) is 5. The van der Waals surface area contributed by atoms with Crippen molar-refractivity contribution in [1.29, 1.82) is 0 Å². The van der Waals surface area contributed by atoms with Gasteiger partial charge in [-0.2, -0.15) is 5.10 Å². The van der Waals surface area contributed by atoms with E-state index >= 15 is 0 Å². The van der Waals surface area contributed by atoms with Crippen molar-refractivity contribution in [3.8, 4) is 0 Å². The van der Waals surface area contributed by atoms with Gasteiger partial charge in [0.2, 0.25) is 0 Å². The third-order valence-electron chi connectivity index (χ3n) is 5.98. The van der Waals surface area contributed by atoms with E-state index in [2.05, 4.69) is 31.9 Å². The van der Waals surface area contributed by atoms with Gasteiger partial charge in [-0.3, -0.25) is 4.79 Å². The Hall–Kier alpha value is -4.98. The molecule has 2 amide bonds. The first-order chi connectivity index (χ1) is 18.2. The zero-order valence-corrected chi connectivity index (χ0v) is 19.9. The number of carbonyl (C=O) groups excluding carboxylic acids is 2. The number of amides is 2. The van der Waals surface area contributed by atoms with E-state index in [1.165, 1.54) is 6.33 Å². The minimum atomic E-state index is -0.926. The molecule has 5 rings (SSSR count). The fraction of sp³-hybridized carbons (Fsp3) is 0.103. The third kappa shape index (κ3) is 5.82. The second-order valence-electron chi connectivity index (χ2n) is 8.51. The van der Waals surface area contributed by atoms with E-state index in [4.69, 9.17) is 4.74 Å². The molecule has 0 bridgehead atoms. The van der Waals surface area contributed by atoms with Crippen molar-refractivity contribution in [3.05, 3.63) is 114 Å². The first-order valence-electron chi connectivity index (χ1n) is 11.9. The van der Waals surface area contributed by atoms with Crippen LogP contribution in [0.5, 0.6) is 0 Å². The topological polar surface area (TPSA) is 108 Å². The molecule has 0 saturated heterocycles. The Morgan fingerprint density at radius 2 is 1.62 bits per heavy atom. The Morgan fingerprint density at radius 3 is 2.30 bits per heavy atom. The summed E-state index contributed by atoms with van der Waals surface area (Å²) in [6.45, 7) is 0.0946. The summed E-state index contributed by atoms with van der Waals surface area (Å²) in [6.07, 6.45) is 4.25. The molecule has 1 heterocycles. The maximum Gasteiger partial charge on any atom is 0.408 e. The molecule has 37 heavy (non-hydrogen) atoms. The molecule has 4 aromatic carbocycles. The highest BCUT2D eigenvalue weighted by molar-refractivity contribution is 6.13. The predicted molar refractivity (Wildman–Crippen MR) is 143 cm³/mol. The number of hydrazone groups is 1. The van der Waals surface area contributed by atoms with Crippen LogP contribution in [0.15, 0.2) is 103 Å². The van der Waals surface area contributed by atoms with Gasteiger partial charge in [-0.25, -0.2) is 15.2 Å². The van der Waals surface area contributed by atoms with Crippen molar-refractivity contribution in [3.63, 3.8) is 0 Å². The molecule has 8 heteroatoms. The van der Waals surface area contributed by atoms with Crippen molar-refractivity contribution < 1.29 is 14.3 Å². The Morgan fingerprint density at radius 1 is 0.946 bits per heavy atom. The van der Waals surface area contributed by atoms with E-state index in [1.54, 1.807) is 12.4 Å². The van der Waals surface area contributed by atoms with Gasteiger partial charge in [0, 0.05) is 23.9 Å². The van der Waals surface area contributed by atoms with Crippen molar-refractivity contribution >= 4 is 39.8 Å². The van der Waals surface area contributed by atoms with E-state index in [9.17, 15) is 9.59 Å². The van der Waals surface area contributed by atoms with Crippen LogP contribution in [0.3, 0.4) is 0 Å². The minimum Gasteiger partial charge on any atom is -0.445 e. The van der Waals surface area contributed by atoms with Crippen LogP contribution in [-0.4, -0.2) is 34.2 Å². The number of alkyl carbamates (subject to hydrolysis) is 1. The van der Waals surface area contributed by atoms with Gasteiger partial charge in [-0.1, -0.05) is 78.9 Å². The zero-order chi connectivity index (χ0) is 25.5. The number of rotatable bonds is 8. The Balaban J connectivity index is 1.32. The second-order valence-corrected chi connectivity index (χ2v) is 8.51. The van der Waals surface area contributed by atoms with Gasteiger partial charge in [0.05, 0.1) is 12.5 Å². The standard InChI is InChI=1S/C29H25N5O3/c35-28(27(15-23-16-30-19-31-23)33-29(36)37-18-20-8-2-1-3-9-20)34-32-17-26-24-12-6-4-10-21(24)14-22-11-5-7-13-25(22)26/h1-14,16-17,19,27H,15,18H2,(H,30,31)(H,33,36)(H,34,35)/b32-17-/t27-/m0/s1. The second kappa shape index (κ2) is 11.2. The molecule has 0 aliphatic carbocycles. The molecule has 0 radical (unpaired) electrons. The number of ether oxygens (including phenoxy) is 1. The molecule has 5 aromatic rings. The third-order valence-corrected chi connectivity index (χ3v) is 5.98. The molecule has 1 aromatic heterocycles. The smallest absolute Gasteiger partial charge is 0.408 e. The van der Waals surface area contributed by atoms with Gasteiger partial charge in [-0.05, 0) is 33.2 Å². The molecule has 1 atom stereocenters. The molecule has 184 valence electrons. The van der Waals surface area contributed by atoms with Crippen LogP contribution in [0.2, 0.25) is 0 Å². The molecular weight excluding hydrogens is 466 g/mol. The Bertz CT molecular complexity index is 1490. The monoisotopic (exact) mass is 491 g/mol. The van der Waals surface area contributed by atoms with Crippen molar-refractivity contribution in [1.82, 2.24) is 20.7 Å². The summed E-state index contributed by atoms with van der Waals surface area (Å²) >= 11 is 0. The maximum absolute atomic E-state index is 13.1. The fourth-order valence-corrected chi connectivity index (χ4v) is 4.16. The number of fused-ring (bicyclic) bond motifs is 2. The van der Waals surface area contributed by atoms with E-state index in [1.807, 2.05) is 78.9 Å². The number of imidazole rings is 1. The number of hydrogen-bond donors (Lipinski definition) is 3. The van der Waals surface area contributed by atoms with E-state index in [0.29, 0.717) is 5.69 Å². The average Bonchev–Trinajstić information content (AvgIpc) is 3.45. The Kier molecular flexibility index (Phi) is 7.17. The van der Waals surface area contributed by atoms with Gasteiger partial charge >= 0.3 is 6.09 Å². The SMILES string of the molecule is O=C(N[C@@H](Cc1cnc[nH]1)C(=O)N/N=C\c1c2ccccc2cc2ccccc12)OCc1ccccc1. The number of aromatic nitrogens is 2. The van der Waals surface area contributed by atoms with Crippen LogP contribution < -0.4 is 10.7 Å². The normalized spacial score (nSPS) is 12.0. The van der Waals surface area contributed by atoms with Gasteiger partial charge in [0.15, 0.2) is 0 Å². The maximum atomic E-state index is 13.1. The minimum absolute atomic E-state index is 0.0946. The number of carbonyl (C=O) groups is 2. The van der Waals surface area contributed by atoms with Gasteiger partial charge in [-0.15, -0.1) is 0 Å². The molecule has 0 aliphatic heterocycles. The average molecular weight is 492 g/mol. The van der Waals surface area contributed by atoms with Crippen molar-refractivity contribution in [2.75, 3.05) is 0 Å². The molecule has 8 nitrogen and oxygen atoms in total. The lowest BCUT2D eigenvalue weighted by molar-refractivity contribution is -0.123. The molecule has 0 saturated carbocycles. The zero-order valence-electron chi connectivity index (χ0n) is 19.9. The van der Waals surface area contributed by atoms with Crippen LogP contribution in [0.1, 0.15) is 16.8 Å². The molecule has 3 N–H and O–H groups in total. The van der Waals surface area contributed by atoms with E-state index in [0.717, 1.165) is 32.7 Å². The highest BCUT2D eigenvalue weighted by atomic mass is 16.5. The van der Waals surface area contributed by atoms with E-state index < -0.39 is 18.0 Å². The summed E-state index contributed by atoms with van der Waals surface area (Å²) in [5, 5.41) is 11.1. The molecule has 0 aliphatic rings. The number of benzene rings is 4. The Labute approximate surface area is 213 Å². The summed E-state index contributed by atoms with van der Waals surface area (Å²) in [4.78, 5) is 32.5. The summed E-state index contributed by atoms with van der Waals surface area (Å²) < 4.78 is 5.30. The lowest BCUT2D eigenvalue weighted by atomic mass is 9.97. The summed E-state index contributed by atoms with van der Waals surface area (Å²) in [7, 11) is 0. The number of nitrogens with one attached hydrogen (secondary N) is 3. The van der Waals surface area contributed by atoms with Crippen LogP contribution in [0, 0.1) is 0 Å². The lowest BCUT2D eigenvalue weighted by Gasteiger charge is -2.16. The van der Waals surface area contributed by atoms with Crippen LogP contribution in [0.25, 0.3) is 21.5 Å². The number of nitrogens with zero attached hydrogens (tertiary/aromatic N) is 2. The van der Waals surface area contributed by atoms with Crippen LogP contribution >= 0.6 is 0 Å². The lowest BCUT2D eigenvalue weighted by Crippen LogP contribution is -2.47. The summed E-state index contributed by atoms with van der Waals surface area (Å²) in [5.74, 6) is -0.480. The van der Waals surface area contributed by atoms with E-state index in [-0.39, 0.29) is 13.0 Å². The summed E-state index contributed by atoms with van der Waals surface area (Å²) in [6, 6.07) is 26.6. The first-order valence-corrected chi connectivity index (χ1v) is 11.9. The molecule has 0 spiro atoms. The number of aromatic amines is 1. The highest BCUT2D eigenvalue weighted by Crippen LogP contribution is 2.27. The fourth-order valence-electron chi connectivity index (χ4n) is 4.16. The number of H-pyrrole nitrogens is 1. The predicted octanol–water partition coefficient (Wildman–Crippen LogP) is 4.70.